The van der Waals surface area contributed by atoms with Crippen molar-refractivity contribution in [2.24, 2.45) is 0 Å². The highest BCUT2D eigenvalue weighted by Crippen LogP contribution is 2.22. The van der Waals surface area contributed by atoms with Crippen LogP contribution in [0.25, 0.3) is 10.8 Å². The standard InChI is InChI=1S/C19H16ClNO2/c1-13(19(22)21-17-8-4-7-16(20)12-17)23-18-10-9-14-5-2-3-6-15(14)11-18/h2-13H,1H3,(H,21,22)/t13-/m0/s1. The van der Waals surface area contributed by atoms with E-state index in [1.165, 1.54) is 0 Å². The van der Waals surface area contributed by atoms with Gasteiger partial charge in [-0.05, 0) is 48.0 Å². The van der Waals surface area contributed by atoms with E-state index in [-0.39, 0.29) is 5.91 Å². The first kappa shape index (κ1) is 15.4. The first-order chi connectivity index (χ1) is 11.1. The second-order valence-corrected chi connectivity index (χ2v) is 5.71. The van der Waals surface area contributed by atoms with E-state index in [9.17, 15) is 4.79 Å². The quantitative estimate of drug-likeness (QED) is 0.741. The second-order valence-electron chi connectivity index (χ2n) is 5.27. The Hall–Kier alpha value is -2.52. The first-order valence-electron chi connectivity index (χ1n) is 7.34. The lowest BCUT2D eigenvalue weighted by Gasteiger charge is -2.15. The SMILES string of the molecule is C[C@H](Oc1ccc2ccccc2c1)C(=O)Nc1cccc(Cl)c1. The van der Waals surface area contributed by atoms with Crippen molar-refractivity contribution in [3.63, 3.8) is 0 Å². The smallest absolute Gasteiger partial charge is 0.265 e. The van der Waals surface area contributed by atoms with Crippen molar-refractivity contribution in [1.82, 2.24) is 0 Å². The number of anilines is 1. The molecule has 0 aliphatic carbocycles. The molecule has 0 aromatic heterocycles. The summed E-state index contributed by atoms with van der Waals surface area (Å²) in [6.07, 6.45) is -0.616. The molecular weight excluding hydrogens is 310 g/mol. The molecular formula is C19H16ClNO2. The van der Waals surface area contributed by atoms with Crippen LogP contribution in [-0.2, 0) is 4.79 Å². The fourth-order valence-corrected chi connectivity index (χ4v) is 2.50. The number of ether oxygens (including phenoxy) is 1. The zero-order valence-electron chi connectivity index (χ0n) is 12.6. The van der Waals surface area contributed by atoms with Crippen molar-refractivity contribution in [1.29, 1.82) is 0 Å². The number of nitrogens with one attached hydrogen (secondary N) is 1. The van der Waals surface area contributed by atoms with Gasteiger partial charge in [0.05, 0.1) is 0 Å². The van der Waals surface area contributed by atoms with E-state index in [4.69, 9.17) is 16.3 Å². The highest BCUT2D eigenvalue weighted by Gasteiger charge is 2.15. The number of benzene rings is 3. The Balaban J connectivity index is 1.69. The lowest BCUT2D eigenvalue weighted by Crippen LogP contribution is -2.30. The molecule has 23 heavy (non-hydrogen) atoms. The van der Waals surface area contributed by atoms with E-state index >= 15 is 0 Å². The average Bonchev–Trinajstić information content (AvgIpc) is 2.54. The number of hydrogen-bond acceptors (Lipinski definition) is 2. The number of carbonyl (C=O) groups is 1. The van der Waals surface area contributed by atoms with Gasteiger partial charge in [-0.1, -0.05) is 48.0 Å². The third-order valence-corrected chi connectivity index (χ3v) is 3.73. The summed E-state index contributed by atoms with van der Waals surface area (Å²) < 4.78 is 5.74. The number of carbonyl (C=O) groups excluding carboxylic acids is 1. The highest BCUT2D eigenvalue weighted by molar-refractivity contribution is 6.30. The Morgan fingerprint density at radius 2 is 1.78 bits per heavy atom. The summed E-state index contributed by atoms with van der Waals surface area (Å²) in [6.45, 7) is 1.72. The van der Waals surface area contributed by atoms with Crippen LogP contribution in [0.2, 0.25) is 5.02 Å². The van der Waals surface area contributed by atoms with E-state index in [2.05, 4.69) is 5.32 Å². The van der Waals surface area contributed by atoms with Crippen molar-refractivity contribution in [2.75, 3.05) is 5.32 Å². The minimum Gasteiger partial charge on any atom is -0.481 e. The Kier molecular flexibility index (Phi) is 4.49. The molecule has 3 rings (SSSR count). The van der Waals surface area contributed by atoms with Gasteiger partial charge >= 0.3 is 0 Å². The molecule has 0 fully saturated rings. The Morgan fingerprint density at radius 3 is 2.57 bits per heavy atom. The van der Waals surface area contributed by atoms with Crippen molar-refractivity contribution < 1.29 is 9.53 Å². The molecule has 0 saturated heterocycles. The number of amides is 1. The largest absolute Gasteiger partial charge is 0.481 e. The van der Waals surface area contributed by atoms with Gasteiger partial charge in [-0.2, -0.15) is 0 Å². The topological polar surface area (TPSA) is 38.3 Å². The molecule has 0 spiro atoms. The molecule has 0 bridgehead atoms. The summed E-state index contributed by atoms with van der Waals surface area (Å²) in [5, 5.41) is 5.58. The Labute approximate surface area is 139 Å². The van der Waals surface area contributed by atoms with Gasteiger partial charge in [-0.25, -0.2) is 0 Å². The molecule has 0 heterocycles. The molecule has 0 aliphatic rings. The van der Waals surface area contributed by atoms with E-state index in [1.807, 2.05) is 42.5 Å². The van der Waals surface area contributed by atoms with E-state index in [0.29, 0.717) is 16.5 Å². The average molecular weight is 326 g/mol. The predicted octanol–water partition coefficient (Wildman–Crippen LogP) is 4.90. The van der Waals surface area contributed by atoms with Gasteiger partial charge in [-0.3, -0.25) is 4.79 Å². The van der Waals surface area contributed by atoms with E-state index in [0.717, 1.165) is 10.8 Å². The van der Waals surface area contributed by atoms with Crippen molar-refractivity contribution in [3.05, 3.63) is 71.8 Å². The van der Waals surface area contributed by atoms with Gasteiger partial charge < -0.3 is 10.1 Å². The molecule has 3 aromatic carbocycles. The molecule has 4 heteroatoms. The maximum Gasteiger partial charge on any atom is 0.265 e. The van der Waals surface area contributed by atoms with Gasteiger partial charge in [0, 0.05) is 10.7 Å². The summed E-state index contributed by atoms with van der Waals surface area (Å²) >= 11 is 5.91. The van der Waals surface area contributed by atoms with Gasteiger partial charge in [0.1, 0.15) is 5.75 Å². The zero-order chi connectivity index (χ0) is 16.2. The van der Waals surface area contributed by atoms with Crippen LogP contribution in [0.4, 0.5) is 5.69 Å². The van der Waals surface area contributed by atoms with Crippen LogP contribution in [0.5, 0.6) is 5.75 Å². The third kappa shape index (κ3) is 3.82. The predicted molar refractivity (Wildman–Crippen MR) is 94.1 cm³/mol. The lowest BCUT2D eigenvalue weighted by atomic mass is 10.1. The van der Waals surface area contributed by atoms with Gasteiger partial charge in [0.2, 0.25) is 0 Å². The molecule has 3 aromatic rings. The van der Waals surface area contributed by atoms with Crippen LogP contribution in [0.3, 0.4) is 0 Å². The molecule has 3 nitrogen and oxygen atoms in total. The third-order valence-electron chi connectivity index (χ3n) is 3.50. The van der Waals surface area contributed by atoms with Crippen LogP contribution in [0.15, 0.2) is 66.7 Å². The number of halogens is 1. The second kappa shape index (κ2) is 6.71. The van der Waals surface area contributed by atoms with Gasteiger partial charge in [0.15, 0.2) is 6.10 Å². The Morgan fingerprint density at radius 1 is 1.00 bits per heavy atom. The summed E-state index contributed by atoms with van der Waals surface area (Å²) in [5.41, 5.74) is 0.650. The summed E-state index contributed by atoms with van der Waals surface area (Å²) in [7, 11) is 0. The van der Waals surface area contributed by atoms with Crippen molar-refractivity contribution >= 4 is 34.0 Å². The van der Waals surface area contributed by atoms with Crippen molar-refractivity contribution in [2.45, 2.75) is 13.0 Å². The molecule has 0 radical (unpaired) electrons. The first-order valence-corrected chi connectivity index (χ1v) is 7.71. The van der Waals surface area contributed by atoms with Gasteiger partial charge in [-0.15, -0.1) is 0 Å². The highest BCUT2D eigenvalue weighted by atomic mass is 35.5. The fraction of sp³-hybridized carbons (Fsp3) is 0.105. The van der Waals surface area contributed by atoms with Gasteiger partial charge in [0.25, 0.3) is 5.91 Å². The number of hydrogen-bond donors (Lipinski definition) is 1. The van der Waals surface area contributed by atoms with E-state index < -0.39 is 6.10 Å². The Bertz CT molecular complexity index is 847. The molecule has 0 saturated carbocycles. The number of rotatable bonds is 4. The molecule has 1 amide bonds. The van der Waals surface area contributed by atoms with Crippen LogP contribution < -0.4 is 10.1 Å². The maximum atomic E-state index is 12.2. The fourth-order valence-electron chi connectivity index (χ4n) is 2.31. The normalized spacial score (nSPS) is 11.9. The molecule has 116 valence electrons. The minimum atomic E-state index is -0.616. The number of fused-ring (bicyclic) bond motifs is 1. The molecule has 0 aliphatic heterocycles. The van der Waals surface area contributed by atoms with E-state index in [1.54, 1.807) is 31.2 Å². The molecule has 0 unspecified atom stereocenters. The lowest BCUT2D eigenvalue weighted by molar-refractivity contribution is -0.122. The van der Waals surface area contributed by atoms with Crippen LogP contribution >= 0.6 is 11.6 Å². The van der Waals surface area contributed by atoms with Crippen LogP contribution in [0.1, 0.15) is 6.92 Å². The summed E-state index contributed by atoms with van der Waals surface area (Å²) in [5.74, 6) is 0.442. The summed E-state index contributed by atoms with van der Waals surface area (Å²) in [4.78, 5) is 12.2. The maximum absolute atomic E-state index is 12.2. The summed E-state index contributed by atoms with van der Waals surface area (Å²) in [6, 6.07) is 20.8. The monoisotopic (exact) mass is 325 g/mol. The zero-order valence-corrected chi connectivity index (χ0v) is 13.4. The minimum absolute atomic E-state index is 0.222. The van der Waals surface area contributed by atoms with Crippen LogP contribution in [0, 0.1) is 0 Å². The molecule has 1 atom stereocenters. The molecule has 1 N–H and O–H groups in total. The van der Waals surface area contributed by atoms with Crippen LogP contribution in [-0.4, -0.2) is 12.0 Å². The van der Waals surface area contributed by atoms with Crippen molar-refractivity contribution in [3.8, 4) is 5.75 Å².